The molecule has 3 amide bonds. The summed E-state index contributed by atoms with van der Waals surface area (Å²) in [5, 5.41) is 6.11. The Morgan fingerprint density at radius 2 is 1.71 bits per heavy atom. The van der Waals surface area contributed by atoms with Crippen LogP contribution < -0.4 is 10.6 Å². The minimum atomic E-state index is 0.0860. The Bertz CT molecular complexity index is 646. The number of benzene rings is 1. The molecule has 5 heteroatoms. The molecule has 1 atom stereocenters. The molecule has 2 N–H and O–H groups in total. The standard InChI is InChI=1S/C23H35N3O2/c1-3-17(2)24-23(28)26-14-12-20(13-15-26)16-19-6-4-18(5-7-19)8-11-22(27)25-21-9-10-21/h4-7,17,20-21H,3,8-16H2,1-2H3,(H,24,28)(H,25,27). The van der Waals surface area contributed by atoms with Gasteiger partial charge in [-0.05, 0) is 68.9 Å². The van der Waals surface area contributed by atoms with E-state index in [0.29, 0.717) is 18.4 Å². The number of hydrogen-bond donors (Lipinski definition) is 2. The van der Waals surface area contributed by atoms with E-state index in [1.165, 1.54) is 11.1 Å². The highest BCUT2D eigenvalue weighted by molar-refractivity contribution is 5.76. The zero-order valence-electron chi connectivity index (χ0n) is 17.4. The molecule has 1 aromatic carbocycles. The van der Waals surface area contributed by atoms with Crippen molar-refractivity contribution in [3.8, 4) is 0 Å². The van der Waals surface area contributed by atoms with Crippen molar-refractivity contribution >= 4 is 11.9 Å². The highest BCUT2D eigenvalue weighted by Gasteiger charge is 2.24. The van der Waals surface area contributed by atoms with Crippen LogP contribution in [-0.4, -0.2) is 42.0 Å². The van der Waals surface area contributed by atoms with E-state index in [2.05, 4.69) is 41.8 Å². The van der Waals surface area contributed by atoms with Crippen LogP contribution in [-0.2, 0) is 17.6 Å². The molecule has 0 aromatic heterocycles. The quantitative estimate of drug-likeness (QED) is 0.717. The van der Waals surface area contributed by atoms with Crippen molar-refractivity contribution in [2.75, 3.05) is 13.1 Å². The van der Waals surface area contributed by atoms with Gasteiger partial charge in [0.15, 0.2) is 0 Å². The Hall–Kier alpha value is -2.04. The van der Waals surface area contributed by atoms with Crippen molar-refractivity contribution < 1.29 is 9.59 Å². The molecule has 28 heavy (non-hydrogen) atoms. The summed E-state index contributed by atoms with van der Waals surface area (Å²) in [7, 11) is 0. The Kier molecular flexibility index (Phi) is 7.35. The van der Waals surface area contributed by atoms with Crippen LogP contribution in [0.15, 0.2) is 24.3 Å². The number of nitrogens with zero attached hydrogens (tertiary/aromatic N) is 1. The molecule has 2 aliphatic rings. The molecule has 1 aliphatic heterocycles. The molecular weight excluding hydrogens is 350 g/mol. The predicted octanol–water partition coefficient (Wildman–Crippen LogP) is 3.66. The predicted molar refractivity (Wildman–Crippen MR) is 112 cm³/mol. The van der Waals surface area contributed by atoms with Crippen molar-refractivity contribution in [3.63, 3.8) is 0 Å². The largest absolute Gasteiger partial charge is 0.353 e. The summed E-state index contributed by atoms with van der Waals surface area (Å²) in [5.41, 5.74) is 2.58. The zero-order chi connectivity index (χ0) is 19.9. The molecule has 5 nitrogen and oxygen atoms in total. The maximum atomic E-state index is 12.2. The van der Waals surface area contributed by atoms with Gasteiger partial charge in [0.05, 0.1) is 0 Å². The summed E-state index contributed by atoms with van der Waals surface area (Å²) >= 11 is 0. The van der Waals surface area contributed by atoms with Crippen molar-refractivity contribution in [2.24, 2.45) is 5.92 Å². The van der Waals surface area contributed by atoms with Crippen LogP contribution in [0, 0.1) is 5.92 Å². The SMILES string of the molecule is CCC(C)NC(=O)N1CCC(Cc2ccc(CCC(=O)NC3CC3)cc2)CC1. The van der Waals surface area contributed by atoms with Gasteiger partial charge in [0.1, 0.15) is 0 Å². The molecule has 0 bridgehead atoms. The van der Waals surface area contributed by atoms with Crippen LogP contribution in [0.4, 0.5) is 4.79 Å². The smallest absolute Gasteiger partial charge is 0.317 e. The fourth-order valence-electron chi connectivity index (χ4n) is 3.71. The lowest BCUT2D eigenvalue weighted by molar-refractivity contribution is -0.121. The van der Waals surface area contributed by atoms with Crippen molar-refractivity contribution in [1.82, 2.24) is 15.5 Å². The summed E-state index contributed by atoms with van der Waals surface area (Å²) < 4.78 is 0. The van der Waals surface area contributed by atoms with Gasteiger partial charge in [0, 0.05) is 31.6 Å². The molecule has 2 fully saturated rings. The monoisotopic (exact) mass is 385 g/mol. The normalized spacial score (nSPS) is 18.6. The molecular formula is C23H35N3O2. The minimum Gasteiger partial charge on any atom is -0.353 e. The van der Waals surface area contributed by atoms with Crippen LogP contribution in [0.1, 0.15) is 63.5 Å². The van der Waals surface area contributed by atoms with Gasteiger partial charge in [0.25, 0.3) is 0 Å². The molecule has 3 rings (SSSR count). The molecule has 1 saturated heterocycles. The van der Waals surface area contributed by atoms with Gasteiger partial charge >= 0.3 is 6.03 Å². The lowest BCUT2D eigenvalue weighted by Gasteiger charge is -2.33. The van der Waals surface area contributed by atoms with Crippen LogP contribution in [0.5, 0.6) is 0 Å². The molecule has 1 aliphatic carbocycles. The Morgan fingerprint density at radius 3 is 2.32 bits per heavy atom. The first-order valence-electron chi connectivity index (χ1n) is 11.0. The van der Waals surface area contributed by atoms with Gasteiger partial charge in [-0.3, -0.25) is 4.79 Å². The van der Waals surface area contributed by atoms with Gasteiger partial charge in [-0.2, -0.15) is 0 Å². The van der Waals surface area contributed by atoms with Gasteiger partial charge in [-0.1, -0.05) is 31.2 Å². The lowest BCUT2D eigenvalue weighted by Crippen LogP contribution is -2.47. The van der Waals surface area contributed by atoms with Crippen LogP contribution >= 0.6 is 0 Å². The Balaban J connectivity index is 1.37. The number of carbonyl (C=O) groups is 2. The van der Waals surface area contributed by atoms with Gasteiger partial charge < -0.3 is 15.5 Å². The topological polar surface area (TPSA) is 61.4 Å². The van der Waals surface area contributed by atoms with E-state index in [1.807, 2.05) is 11.8 Å². The highest BCUT2D eigenvalue weighted by atomic mass is 16.2. The van der Waals surface area contributed by atoms with E-state index in [4.69, 9.17) is 0 Å². The number of rotatable bonds is 8. The maximum absolute atomic E-state index is 12.2. The van der Waals surface area contributed by atoms with Gasteiger partial charge in [0.2, 0.25) is 5.91 Å². The summed E-state index contributed by atoms with van der Waals surface area (Å²) in [6.45, 7) is 5.83. The maximum Gasteiger partial charge on any atom is 0.317 e. The second kappa shape index (κ2) is 9.94. The minimum absolute atomic E-state index is 0.0860. The van der Waals surface area contributed by atoms with Crippen LogP contribution in [0.3, 0.4) is 0 Å². The number of carbonyl (C=O) groups excluding carboxylic acids is 2. The number of amides is 3. The number of hydrogen-bond acceptors (Lipinski definition) is 2. The zero-order valence-corrected chi connectivity index (χ0v) is 17.4. The Morgan fingerprint density at radius 1 is 1.07 bits per heavy atom. The first-order chi connectivity index (χ1) is 13.5. The number of piperidine rings is 1. The number of likely N-dealkylation sites (tertiary alicyclic amines) is 1. The highest BCUT2D eigenvalue weighted by Crippen LogP contribution is 2.22. The second-order valence-electron chi connectivity index (χ2n) is 8.55. The summed E-state index contributed by atoms with van der Waals surface area (Å²) in [6, 6.07) is 9.50. The van der Waals surface area contributed by atoms with Gasteiger partial charge in [-0.25, -0.2) is 4.79 Å². The van der Waals surface area contributed by atoms with E-state index in [9.17, 15) is 9.59 Å². The van der Waals surface area contributed by atoms with Gasteiger partial charge in [-0.15, -0.1) is 0 Å². The fourth-order valence-corrected chi connectivity index (χ4v) is 3.71. The van der Waals surface area contributed by atoms with Crippen LogP contribution in [0.25, 0.3) is 0 Å². The van der Waals surface area contributed by atoms with Crippen LogP contribution in [0.2, 0.25) is 0 Å². The second-order valence-corrected chi connectivity index (χ2v) is 8.55. The average molecular weight is 386 g/mol. The molecule has 154 valence electrons. The van der Waals surface area contributed by atoms with Crippen molar-refractivity contribution in [3.05, 3.63) is 35.4 Å². The summed E-state index contributed by atoms with van der Waals surface area (Å²) in [6.07, 6.45) is 7.83. The first-order valence-corrected chi connectivity index (χ1v) is 11.0. The third-order valence-electron chi connectivity index (χ3n) is 6.01. The fraction of sp³-hybridized carbons (Fsp3) is 0.652. The molecule has 0 spiro atoms. The molecule has 0 radical (unpaired) electrons. The Labute approximate surface area is 169 Å². The molecule has 1 unspecified atom stereocenters. The van der Waals surface area contributed by atoms with E-state index in [1.54, 1.807) is 0 Å². The molecule has 1 aromatic rings. The van der Waals surface area contributed by atoms with Crippen molar-refractivity contribution in [1.29, 1.82) is 0 Å². The van der Waals surface area contributed by atoms with Crippen molar-refractivity contribution in [2.45, 2.75) is 77.3 Å². The van der Waals surface area contributed by atoms with E-state index >= 15 is 0 Å². The number of aryl methyl sites for hydroxylation is 1. The van der Waals surface area contributed by atoms with E-state index in [-0.39, 0.29) is 18.0 Å². The molecule has 1 saturated carbocycles. The number of urea groups is 1. The summed E-state index contributed by atoms with van der Waals surface area (Å²) in [5.74, 6) is 0.818. The first kappa shape index (κ1) is 20.7. The average Bonchev–Trinajstić information content (AvgIpc) is 3.51. The lowest BCUT2D eigenvalue weighted by atomic mass is 9.90. The molecule has 1 heterocycles. The summed E-state index contributed by atoms with van der Waals surface area (Å²) in [4.78, 5) is 26.0. The number of nitrogens with one attached hydrogen (secondary N) is 2. The third kappa shape index (κ3) is 6.54. The van der Waals surface area contributed by atoms with E-state index in [0.717, 1.165) is 58.0 Å². The third-order valence-corrected chi connectivity index (χ3v) is 6.01. The van der Waals surface area contributed by atoms with E-state index < -0.39 is 0 Å².